The molecule has 0 saturated carbocycles. The number of amides is 2. The second-order valence-electron chi connectivity index (χ2n) is 5.91. The molecular formula is C13H22N2O5S. The van der Waals surface area contributed by atoms with E-state index in [-0.39, 0.29) is 16.9 Å². The van der Waals surface area contributed by atoms with Gasteiger partial charge in [-0.2, -0.15) is 0 Å². The van der Waals surface area contributed by atoms with Crippen molar-refractivity contribution in [3.05, 3.63) is 0 Å². The predicted octanol–water partition coefficient (Wildman–Crippen LogP) is 0.928. The summed E-state index contributed by atoms with van der Waals surface area (Å²) in [5.74, 6) is -1.02. The van der Waals surface area contributed by atoms with Crippen LogP contribution in [-0.2, 0) is 14.3 Å². The first kappa shape index (κ1) is 17.6. The topological polar surface area (TPSA) is 95.9 Å². The summed E-state index contributed by atoms with van der Waals surface area (Å²) in [5.41, 5.74) is -0.690. The number of aliphatic carboxylic acids is 1. The van der Waals surface area contributed by atoms with E-state index in [0.29, 0.717) is 13.0 Å². The van der Waals surface area contributed by atoms with Gasteiger partial charge >= 0.3 is 12.1 Å². The third kappa shape index (κ3) is 5.82. The van der Waals surface area contributed by atoms with Crippen molar-refractivity contribution in [2.45, 2.75) is 44.1 Å². The summed E-state index contributed by atoms with van der Waals surface area (Å²) >= 11 is 1.25. The van der Waals surface area contributed by atoms with Gasteiger partial charge in [0.25, 0.3) is 0 Å². The zero-order valence-corrected chi connectivity index (χ0v) is 13.5. The molecule has 0 aromatic carbocycles. The van der Waals surface area contributed by atoms with E-state index in [9.17, 15) is 14.4 Å². The summed E-state index contributed by atoms with van der Waals surface area (Å²) in [6, 6.07) is -1.08. The molecule has 21 heavy (non-hydrogen) atoms. The number of hydrogen-bond acceptors (Lipinski definition) is 5. The maximum absolute atomic E-state index is 11.7. The van der Waals surface area contributed by atoms with Crippen LogP contribution in [0.2, 0.25) is 0 Å². The second kappa shape index (κ2) is 7.02. The Morgan fingerprint density at radius 1 is 1.52 bits per heavy atom. The first-order chi connectivity index (χ1) is 9.60. The molecule has 2 amide bonds. The number of likely N-dealkylation sites (tertiary alicyclic amines) is 1. The lowest BCUT2D eigenvalue weighted by molar-refractivity contribution is -0.138. The Morgan fingerprint density at radius 2 is 2.14 bits per heavy atom. The fourth-order valence-corrected chi connectivity index (χ4v) is 3.03. The SMILES string of the molecule is CN1CCC(SCC(NC(=O)OC(C)(C)C)C(=O)O)C1=O. The number of ether oxygens (including phenoxy) is 1. The van der Waals surface area contributed by atoms with E-state index in [1.54, 1.807) is 32.7 Å². The normalized spacial score (nSPS) is 20.3. The molecule has 0 aromatic heterocycles. The minimum Gasteiger partial charge on any atom is -0.480 e. The van der Waals surface area contributed by atoms with E-state index in [1.807, 2.05) is 0 Å². The zero-order chi connectivity index (χ0) is 16.2. The third-order valence-corrected chi connectivity index (χ3v) is 4.20. The average Bonchev–Trinajstić information content (AvgIpc) is 2.63. The van der Waals surface area contributed by atoms with Crippen molar-refractivity contribution in [2.75, 3.05) is 19.3 Å². The molecule has 1 aliphatic heterocycles. The molecule has 1 aliphatic rings. The number of nitrogens with zero attached hydrogens (tertiary/aromatic N) is 1. The van der Waals surface area contributed by atoms with Crippen LogP contribution in [0.1, 0.15) is 27.2 Å². The minimum absolute atomic E-state index is 0.00130. The van der Waals surface area contributed by atoms with Gasteiger partial charge in [-0.3, -0.25) is 4.79 Å². The van der Waals surface area contributed by atoms with Crippen LogP contribution in [0.25, 0.3) is 0 Å². The average molecular weight is 318 g/mol. The molecule has 1 heterocycles. The number of carboxylic acids is 1. The summed E-state index contributed by atoms with van der Waals surface area (Å²) in [7, 11) is 1.72. The minimum atomic E-state index is -1.15. The van der Waals surface area contributed by atoms with Crippen molar-refractivity contribution in [3.8, 4) is 0 Å². The maximum Gasteiger partial charge on any atom is 0.408 e. The molecular weight excluding hydrogens is 296 g/mol. The van der Waals surface area contributed by atoms with Crippen LogP contribution in [0.15, 0.2) is 0 Å². The lowest BCUT2D eigenvalue weighted by Crippen LogP contribution is -2.45. The van der Waals surface area contributed by atoms with Crippen LogP contribution in [0.3, 0.4) is 0 Å². The molecule has 7 nitrogen and oxygen atoms in total. The molecule has 1 fully saturated rings. The molecule has 2 atom stereocenters. The number of carboxylic acid groups (broad SMARTS) is 1. The summed E-state index contributed by atoms with van der Waals surface area (Å²) in [6.07, 6.45) is -0.0796. The summed E-state index contributed by atoms with van der Waals surface area (Å²) < 4.78 is 5.03. The fourth-order valence-electron chi connectivity index (χ4n) is 1.78. The van der Waals surface area contributed by atoms with Crippen LogP contribution in [0.5, 0.6) is 0 Å². The molecule has 0 aliphatic carbocycles. The number of rotatable bonds is 5. The first-order valence-corrected chi connectivity index (χ1v) is 7.74. The van der Waals surface area contributed by atoms with Crippen LogP contribution in [0, 0.1) is 0 Å². The van der Waals surface area contributed by atoms with Gasteiger partial charge in [-0.15, -0.1) is 11.8 Å². The van der Waals surface area contributed by atoms with Gasteiger partial charge in [0.2, 0.25) is 5.91 Å². The van der Waals surface area contributed by atoms with Crippen molar-refractivity contribution >= 4 is 29.7 Å². The number of carbonyl (C=O) groups excluding carboxylic acids is 2. The summed E-state index contributed by atoms with van der Waals surface area (Å²) in [6.45, 7) is 5.77. The van der Waals surface area contributed by atoms with Crippen molar-refractivity contribution in [2.24, 2.45) is 0 Å². The Hall–Kier alpha value is -1.44. The Bertz CT molecular complexity index is 421. The van der Waals surface area contributed by atoms with Gasteiger partial charge in [0.05, 0.1) is 5.25 Å². The van der Waals surface area contributed by atoms with E-state index < -0.39 is 23.7 Å². The van der Waals surface area contributed by atoms with Gasteiger partial charge < -0.3 is 20.1 Å². The number of alkyl carbamates (subject to hydrolysis) is 1. The Morgan fingerprint density at radius 3 is 2.57 bits per heavy atom. The van der Waals surface area contributed by atoms with E-state index >= 15 is 0 Å². The van der Waals surface area contributed by atoms with Crippen molar-refractivity contribution in [3.63, 3.8) is 0 Å². The standard InChI is InChI=1S/C13H22N2O5S/c1-13(2,3)20-12(19)14-8(11(17)18)7-21-9-5-6-15(4)10(9)16/h8-9H,5-7H2,1-4H3,(H,14,19)(H,17,18). The number of thioether (sulfide) groups is 1. The smallest absolute Gasteiger partial charge is 0.408 e. The molecule has 1 rings (SSSR count). The van der Waals surface area contributed by atoms with Crippen LogP contribution < -0.4 is 5.32 Å². The van der Waals surface area contributed by atoms with Crippen molar-refractivity contribution < 1.29 is 24.2 Å². The van der Waals surface area contributed by atoms with E-state index in [2.05, 4.69) is 5.32 Å². The van der Waals surface area contributed by atoms with Gasteiger partial charge in [-0.1, -0.05) is 0 Å². The van der Waals surface area contributed by atoms with Gasteiger partial charge in [-0.05, 0) is 27.2 Å². The van der Waals surface area contributed by atoms with E-state index in [4.69, 9.17) is 9.84 Å². The molecule has 0 bridgehead atoms. The molecule has 0 radical (unpaired) electrons. The quantitative estimate of drug-likeness (QED) is 0.783. The Balaban J connectivity index is 2.49. The van der Waals surface area contributed by atoms with E-state index in [0.717, 1.165) is 0 Å². The molecule has 1 saturated heterocycles. The largest absolute Gasteiger partial charge is 0.480 e. The van der Waals surface area contributed by atoms with Gasteiger partial charge in [-0.25, -0.2) is 9.59 Å². The highest BCUT2D eigenvalue weighted by Gasteiger charge is 2.32. The highest BCUT2D eigenvalue weighted by atomic mass is 32.2. The second-order valence-corrected chi connectivity index (χ2v) is 7.14. The third-order valence-electron chi connectivity index (χ3n) is 2.83. The van der Waals surface area contributed by atoms with Crippen LogP contribution >= 0.6 is 11.8 Å². The fraction of sp³-hybridized carbons (Fsp3) is 0.769. The predicted molar refractivity (Wildman–Crippen MR) is 79.3 cm³/mol. The van der Waals surface area contributed by atoms with Gasteiger partial charge in [0.15, 0.2) is 0 Å². The van der Waals surface area contributed by atoms with Crippen molar-refractivity contribution in [1.82, 2.24) is 10.2 Å². The lowest BCUT2D eigenvalue weighted by Gasteiger charge is -2.22. The van der Waals surface area contributed by atoms with Gasteiger partial charge in [0.1, 0.15) is 11.6 Å². The van der Waals surface area contributed by atoms with E-state index in [1.165, 1.54) is 11.8 Å². The zero-order valence-electron chi connectivity index (χ0n) is 12.7. The maximum atomic E-state index is 11.7. The lowest BCUT2D eigenvalue weighted by atomic mass is 10.2. The molecule has 2 N–H and O–H groups in total. The Labute approximate surface area is 128 Å². The summed E-state index contributed by atoms with van der Waals surface area (Å²) in [4.78, 5) is 36.1. The number of hydrogen-bond donors (Lipinski definition) is 2. The number of nitrogens with one attached hydrogen (secondary N) is 1. The van der Waals surface area contributed by atoms with Crippen LogP contribution in [0.4, 0.5) is 4.79 Å². The molecule has 0 spiro atoms. The monoisotopic (exact) mass is 318 g/mol. The first-order valence-electron chi connectivity index (χ1n) is 6.69. The molecule has 0 aromatic rings. The highest BCUT2D eigenvalue weighted by Crippen LogP contribution is 2.23. The van der Waals surface area contributed by atoms with Crippen LogP contribution in [-0.4, -0.2) is 64.2 Å². The molecule has 8 heteroatoms. The van der Waals surface area contributed by atoms with Gasteiger partial charge in [0, 0.05) is 19.3 Å². The highest BCUT2D eigenvalue weighted by molar-refractivity contribution is 8.00. The summed E-state index contributed by atoms with van der Waals surface area (Å²) in [5, 5.41) is 11.2. The number of carbonyl (C=O) groups is 3. The Kier molecular flexibility index (Phi) is 5.88. The molecule has 2 unspecified atom stereocenters. The van der Waals surface area contributed by atoms with Crippen molar-refractivity contribution in [1.29, 1.82) is 0 Å². The molecule has 120 valence electrons.